The summed E-state index contributed by atoms with van der Waals surface area (Å²) in [6.07, 6.45) is 7.02. The Morgan fingerprint density at radius 3 is 2.55 bits per heavy atom. The molecule has 3 atom stereocenters. The number of fused-ring (bicyclic) bond motifs is 3. The second-order valence-electron chi connectivity index (χ2n) is 8.81. The normalized spacial score (nSPS) is 21.3. The van der Waals surface area contributed by atoms with Crippen molar-refractivity contribution >= 4 is 28.3 Å². The van der Waals surface area contributed by atoms with Gasteiger partial charge in [0.25, 0.3) is 5.91 Å². The molecule has 160 valence electrons. The Bertz CT molecular complexity index is 1130. The molecule has 2 bridgehead atoms. The molecule has 2 fully saturated rings. The highest BCUT2D eigenvalue weighted by molar-refractivity contribution is 6.34. The number of amides is 1. The zero-order chi connectivity index (χ0) is 21.5. The predicted molar refractivity (Wildman–Crippen MR) is 125 cm³/mol. The number of nitrogens with zero attached hydrogens (tertiary/aromatic N) is 2. The molecule has 3 heterocycles. The lowest BCUT2D eigenvalue weighted by Gasteiger charge is -2.36. The second-order valence-corrected chi connectivity index (χ2v) is 9.16. The summed E-state index contributed by atoms with van der Waals surface area (Å²) in [5.74, 6) is 0.744. The first-order chi connectivity index (χ1) is 15.0. The van der Waals surface area contributed by atoms with Crippen LogP contribution in [-0.2, 0) is 4.79 Å². The number of benzene rings is 2. The first-order valence-electron chi connectivity index (χ1n) is 11.2. The lowest BCUT2D eigenvalue weighted by Crippen LogP contribution is -2.49. The van der Waals surface area contributed by atoms with Gasteiger partial charge >= 0.3 is 0 Å². The summed E-state index contributed by atoms with van der Waals surface area (Å²) in [4.78, 5) is 19.6. The molecule has 1 aromatic heterocycles. The van der Waals surface area contributed by atoms with E-state index in [4.69, 9.17) is 16.3 Å². The maximum atomic E-state index is 13.1. The number of hydrogen-bond donors (Lipinski definition) is 0. The number of rotatable bonds is 4. The molecular formula is C26H27ClN2O2. The van der Waals surface area contributed by atoms with Crippen molar-refractivity contribution in [1.82, 2.24) is 9.88 Å². The maximum absolute atomic E-state index is 13.1. The molecule has 31 heavy (non-hydrogen) atoms. The minimum absolute atomic E-state index is 0.102. The van der Waals surface area contributed by atoms with Crippen molar-refractivity contribution in [1.29, 1.82) is 0 Å². The summed E-state index contributed by atoms with van der Waals surface area (Å²) in [5, 5.41) is 2.29. The number of pyridine rings is 1. The lowest BCUT2D eigenvalue weighted by molar-refractivity contribution is -0.142. The number of aryl methyl sites for hydroxylation is 1. The topological polar surface area (TPSA) is 42.4 Å². The minimum Gasteiger partial charge on any atom is -0.481 e. The molecule has 0 N–H and O–H groups in total. The van der Waals surface area contributed by atoms with Gasteiger partial charge in [-0.15, -0.1) is 0 Å². The smallest absolute Gasteiger partial charge is 0.263 e. The highest BCUT2D eigenvalue weighted by Crippen LogP contribution is 2.37. The average Bonchev–Trinajstić information content (AvgIpc) is 3.02. The van der Waals surface area contributed by atoms with E-state index in [1.165, 1.54) is 12.0 Å². The van der Waals surface area contributed by atoms with Crippen molar-refractivity contribution < 1.29 is 9.53 Å². The number of hydrogen-bond acceptors (Lipinski definition) is 3. The van der Waals surface area contributed by atoms with Gasteiger partial charge in [0.05, 0.1) is 0 Å². The second kappa shape index (κ2) is 8.16. The minimum atomic E-state index is -0.523. The zero-order valence-electron chi connectivity index (χ0n) is 18.0. The van der Waals surface area contributed by atoms with Gasteiger partial charge in [-0.1, -0.05) is 35.9 Å². The quantitative estimate of drug-likeness (QED) is 0.461. The molecule has 0 saturated carbocycles. The molecule has 5 heteroatoms. The van der Waals surface area contributed by atoms with Crippen molar-refractivity contribution in [3.05, 3.63) is 59.4 Å². The molecule has 0 radical (unpaired) electrons. The van der Waals surface area contributed by atoms with Crippen LogP contribution in [0.2, 0.25) is 5.15 Å². The Labute approximate surface area is 188 Å². The molecule has 2 aliphatic heterocycles. The van der Waals surface area contributed by atoms with Crippen LogP contribution in [0.25, 0.3) is 21.9 Å². The third kappa shape index (κ3) is 3.67. The molecule has 0 aliphatic carbocycles. The number of carbonyl (C=O) groups excluding carboxylic acids is 1. The monoisotopic (exact) mass is 434 g/mol. The van der Waals surface area contributed by atoms with Gasteiger partial charge < -0.3 is 9.64 Å². The van der Waals surface area contributed by atoms with Gasteiger partial charge in [-0.3, -0.25) is 4.79 Å². The molecule has 1 amide bonds. The van der Waals surface area contributed by atoms with Crippen molar-refractivity contribution in [3.63, 3.8) is 0 Å². The number of ether oxygens (including phenoxy) is 1. The molecule has 2 unspecified atom stereocenters. The molecular weight excluding hydrogens is 408 g/mol. The van der Waals surface area contributed by atoms with Gasteiger partial charge in [0.2, 0.25) is 0 Å². The predicted octanol–water partition coefficient (Wildman–Crippen LogP) is 6.17. The van der Waals surface area contributed by atoms with Crippen LogP contribution in [0.5, 0.6) is 5.75 Å². The van der Waals surface area contributed by atoms with Crippen LogP contribution in [0.3, 0.4) is 0 Å². The fraction of sp³-hybridized carbons (Fsp3) is 0.385. The van der Waals surface area contributed by atoms with E-state index in [9.17, 15) is 4.79 Å². The van der Waals surface area contributed by atoms with Crippen LogP contribution in [0.4, 0.5) is 0 Å². The Balaban J connectivity index is 1.43. The number of halogens is 1. The molecule has 4 nitrogen and oxygen atoms in total. The van der Waals surface area contributed by atoms with E-state index < -0.39 is 6.10 Å². The molecule has 2 saturated heterocycles. The summed E-state index contributed by atoms with van der Waals surface area (Å²) < 4.78 is 6.11. The van der Waals surface area contributed by atoms with Gasteiger partial charge in [-0.25, -0.2) is 4.98 Å². The SMILES string of the molecule is Cc1ccccc1-c1cnc(Cl)c2cc(O[C@H](C)C(=O)N3C4CCCC3CC4)ccc12. The van der Waals surface area contributed by atoms with Gasteiger partial charge in [0.1, 0.15) is 10.9 Å². The number of aromatic nitrogens is 1. The van der Waals surface area contributed by atoms with E-state index >= 15 is 0 Å². The Morgan fingerprint density at radius 1 is 1.06 bits per heavy atom. The van der Waals surface area contributed by atoms with Crippen LogP contribution in [0.1, 0.15) is 44.6 Å². The van der Waals surface area contributed by atoms with Crippen LogP contribution in [0.15, 0.2) is 48.7 Å². The zero-order valence-corrected chi connectivity index (χ0v) is 18.7. The first kappa shape index (κ1) is 20.3. The average molecular weight is 435 g/mol. The molecule has 2 aliphatic rings. The number of piperidine rings is 1. The van der Waals surface area contributed by atoms with Crippen LogP contribution in [0, 0.1) is 6.92 Å². The fourth-order valence-corrected chi connectivity index (χ4v) is 5.50. The summed E-state index contributed by atoms with van der Waals surface area (Å²) in [7, 11) is 0. The Hall–Kier alpha value is -2.59. The van der Waals surface area contributed by atoms with Gasteiger partial charge in [0.15, 0.2) is 6.10 Å². The highest BCUT2D eigenvalue weighted by atomic mass is 35.5. The Morgan fingerprint density at radius 2 is 1.81 bits per heavy atom. The third-order valence-electron chi connectivity index (χ3n) is 6.86. The molecule has 2 aromatic carbocycles. The van der Waals surface area contributed by atoms with E-state index in [1.54, 1.807) is 0 Å². The van der Waals surface area contributed by atoms with Crippen molar-refractivity contribution in [2.24, 2.45) is 0 Å². The van der Waals surface area contributed by atoms with E-state index in [0.29, 0.717) is 23.0 Å². The van der Waals surface area contributed by atoms with Crippen molar-refractivity contribution in [2.45, 2.75) is 64.1 Å². The van der Waals surface area contributed by atoms with Gasteiger partial charge in [0, 0.05) is 29.2 Å². The summed E-state index contributed by atoms with van der Waals surface area (Å²) >= 11 is 6.45. The van der Waals surface area contributed by atoms with E-state index in [-0.39, 0.29) is 5.91 Å². The molecule has 3 aromatic rings. The van der Waals surface area contributed by atoms with Crippen LogP contribution >= 0.6 is 11.6 Å². The first-order valence-corrected chi connectivity index (χ1v) is 11.5. The fourth-order valence-electron chi connectivity index (χ4n) is 5.29. The van der Waals surface area contributed by atoms with Crippen LogP contribution < -0.4 is 4.74 Å². The van der Waals surface area contributed by atoms with Gasteiger partial charge in [-0.2, -0.15) is 0 Å². The largest absolute Gasteiger partial charge is 0.481 e. The lowest BCUT2D eigenvalue weighted by atomic mass is 9.97. The van der Waals surface area contributed by atoms with E-state index in [1.807, 2.05) is 43.5 Å². The summed E-state index contributed by atoms with van der Waals surface area (Å²) in [6.45, 7) is 3.94. The third-order valence-corrected chi connectivity index (χ3v) is 7.16. The standard InChI is InChI=1S/C26H27ClN2O2/c1-16-6-3-4-9-21(16)24-15-28-25(27)23-14-20(12-13-22(23)24)31-17(2)26(30)29-18-7-5-8-19(29)11-10-18/h3-4,6,9,12-15,17-19H,5,7-8,10-11H2,1-2H3/t17-,18?,19?/m1/s1. The summed E-state index contributed by atoms with van der Waals surface area (Å²) in [6, 6.07) is 14.9. The van der Waals surface area contributed by atoms with E-state index in [2.05, 4.69) is 28.9 Å². The van der Waals surface area contributed by atoms with Crippen molar-refractivity contribution in [3.8, 4) is 16.9 Å². The Kier molecular flexibility index (Phi) is 5.35. The molecule has 0 spiro atoms. The van der Waals surface area contributed by atoms with E-state index in [0.717, 1.165) is 47.6 Å². The maximum Gasteiger partial charge on any atom is 0.263 e. The number of carbonyl (C=O) groups is 1. The molecule has 5 rings (SSSR count). The van der Waals surface area contributed by atoms with Crippen LogP contribution in [-0.4, -0.2) is 34.0 Å². The highest BCUT2D eigenvalue weighted by Gasteiger charge is 2.41. The summed E-state index contributed by atoms with van der Waals surface area (Å²) in [5.41, 5.74) is 3.36. The van der Waals surface area contributed by atoms with Gasteiger partial charge in [-0.05, 0) is 80.7 Å². The van der Waals surface area contributed by atoms with Crippen molar-refractivity contribution in [2.75, 3.05) is 0 Å².